The van der Waals surface area contributed by atoms with Crippen LogP contribution in [0.2, 0.25) is 0 Å². The van der Waals surface area contributed by atoms with Crippen LogP contribution >= 0.6 is 12.2 Å². The van der Waals surface area contributed by atoms with E-state index in [4.69, 9.17) is 12.2 Å². The summed E-state index contributed by atoms with van der Waals surface area (Å²) < 4.78 is 0. The fourth-order valence-electron chi connectivity index (χ4n) is 3.93. The van der Waals surface area contributed by atoms with Gasteiger partial charge in [0.25, 0.3) is 0 Å². The molecule has 0 radical (unpaired) electrons. The number of fused-ring (bicyclic) bond motifs is 1. The van der Waals surface area contributed by atoms with Crippen molar-refractivity contribution in [3.63, 3.8) is 0 Å². The zero-order valence-electron chi connectivity index (χ0n) is 12.5. The number of nitrogens with one attached hydrogen (secondary N) is 1. The molecule has 3 unspecified atom stereocenters. The van der Waals surface area contributed by atoms with Crippen molar-refractivity contribution >= 4 is 17.3 Å². The molecule has 2 aliphatic rings. The molecule has 2 aromatic rings. The van der Waals surface area contributed by atoms with Gasteiger partial charge in [0.05, 0.1) is 6.04 Å². The van der Waals surface area contributed by atoms with Crippen LogP contribution < -0.4 is 5.32 Å². The van der Waals surface area contributed by atoms with Crippen LogP contribution in [0.4, 0.5) is 0 Å². The summed E-state index contributed by atoms with van der Waals surface area (Å²) in [7, 11) is 0. The first-order valence-electron chi connectivity index (χ1n) is 7.99. The molecule has 0 spiro atoms. The summed E-state index contributed by atoms with van der Waals surface area (Å²) in [6.45, 7) is 0.978. The standard InChI is InChI=1S/C19H20N2S/c22-19-20-13-17-11-16(14-7-3-1-4-8-14)12-18(21(17)19)15-9-5-2-6-10-15/h1-10,16-18H,11-13H2,(H,20,22). The number of benzene rings is 2. The van der Waals surface area contributed by atoms with E-state index in [1.165, 1.54) is 17.5 Å². The van der Waals surface area contributed by atoms with Crippen LogP contribution in [-0.2, 0) is 0 Å². The molecule has 4 rings (SSSR count). The Labute approximate surface area is 137 Å². The van der Waals surface area contributed by atoms with Gasteiger partial charge in [0.2, 0.25) is 0 Å². The normalized spacial score (nSPS) is 27.4. The first-order valence-corrected chi connectivity index (χ1v) is 8.40. The first kappa shape index (κ1) is 13.8. The molecule has 2 aromatic carbocycles. The zero-order chi connectivity index (χ0) is 14.9. The third-order valence-corrected chi connectivity index (χ3v) is 5.33. The van der Waals surface area contributed by atoms with Crippen molar-refractivity contribution in [1.82, 2.24) is 10.2 Å². The predicted molar refractivity (Wildman–Crippen MR) is 93.8 cm³/mol. The van der Waals surface area contributed by atoms with Crippen molar-refractivity contribution < 1.29 is 0 Å². The average Bonchev–Trinajstić information content (AvgIpc) is 2.97. The second-order valence-corrected chi connectivity index (χ2v) is 6.64. The molecule has 0 aliphatic carbocycles. The van der Waals surface area contributed by atoms with Crippen molar-refractivity contribution in [1.29, 1.82) is 0 Å². The molecule has 0 amide bonds. The Bertz CT molecular complexity index is 656. The number of nitrogens with zero attached hydrogens (tertiary/aromatic N) is 1. The third kappa shape index (κ3) is 2.40. The van der Waals surface area contributed by atoms with E-state index >= 15 is 0 Å². The molecule has 0 saturated carbocycles. The maximum atomic E-state index is 5.56. The second kappa shape index (κ2) is 5.73. The highest BCUT2D eigenvalue weighted by Crippen LogP contribution is 2.43. The lowest BCUT2D eigenvalue weighted by Gasteiger charge is -2.42. The highest BCUT2D eigenvalue weighted by atomic mass is 32.1. The molecule has 22 heavy (non-hydrogen) atoms. The zero-order valence-corrected chi connectivity index (χ0v) is 13.3. The van der Waals surface area contributed by atoms with Crippen molar-refractivity contribution in [2.24, 2.45) is 0 Å². The van der Waals surface area contributed by atoms with Crippen molar-refractivity contribution in [2.75, 3.05) is 6.54 Å². The van der Waals surface area contributed by atoms with Gasteiger partial charge in [0.1, 0.15) is 0 Å². The van der Waals surface area contributed by atoms with Gasteiger partial charge < -0.3 is 10.2 Å². The Balaban J connectivity index is 1.69. The van der Waals surface area contributed by atoms with Crippen LogP contribution in [0.5, 0.6) is 0 Å². The second-order valence-electron chi connectivity index (χ2n) is 6.25. The van der Waals surface area contributed by atoms with Gasteiger partial charge in [0, 0.05) is 12.6 Å². The molecule has 3 heteroatoms. The maximum Gasteiger partial charge on any atom is 0.169 e. The quantitative estimate of drug-likeness (QED) is 0.848. The average molecular weight is 308 g/mol. The van der Waals surface area contributed by atoms with E-state index in [1.54, 1.807) is 0 Å². The van der Waals surface area contributed by atoms with Crippen molar-refractivity contribution in [3.8, 4) is 0 Å². The van der Waals surface area contributed by atoms with Crippen LogP contribution in [-0.4, -0.2) is 22.6 Å². The minimum Gasteiger partial charge on any atom is -0.360 e. The minimum atomic E-state index is 0.382. The van der Waals surface area contributed by atoms with E-state index in [1.807, 2.05) is 0 Å². The van der Waals surface area contributed by atoms with Crippen molar-refractivity contribution in [2.45, 2.75) is 30.8 Å². The van der Waals surface area contributed by atoms with Crippen LogP contribution in [0.3, 0.4) is 0 Å². The van der Waals surface area contributed by atoms with Gasteiger partial charge in [-0.15, -0.1) is 0 Å². The predicted octanol–water partition coefficient (Wildman–Crippen LogP) is 3.86. The molecule has 0 bridgehead atoms. The lowest BCUT2D eigenvalue weighted by atomic mass is 9.80. The van der Waals surface area contributed by atoms with E-state index < -0.39 is 0 Å². The molecular formula is C19H20N2S. The number of rotatable bonds is 2. The smallest absolute Gasteiger partial charge is 0.169 e. The molecule has 0 aromatic heterocycles. The van der Waals surface area contributed by atoms with E-state index in [0.717, 1.165) is 18.1 Å². The van der Waals surface area contributed by atoms with Crippen LogP contribution in [0.1, 0.15) is 35.9 Å². The third-order valence-electron chi connectivity index (χ3n) is 4.97. The molecule has 112 valence electrons. The molecule has 2 nitrogen and oxygen atoms in total. The lowest BCUT2D eigenvalue weighted by molar-refractivity contribution is 0.175. The molecule has 1 N–H and O–H groups in total. The highest BCUT2D eigenvalue weighted by Gasteiger charge is 2.41. The van der Waals surface area contributed by atoms with Crippen LogP contribution in [0.15, 0.2) is 60.7 Å². The number of hydrogen-bond donors (Lipinski definition) is 1. The van der Waals surface area contributed by atoms with Crippen molar-refractivity contribution in [3.05, 3.63) is 71.8 Å². The Morgan fingerprint density at radius 1 is 0.864 bits per heavy atom. The summed E-state index contributed by atoms with van der Waals surface area (Å²) in [6.07, 6.45) is 2.31. The van der Waals surface area contributed by atoms with Gasteiger partial charge in [-0.25, -0.2) is 0 Å². The van der Waals surface area contributed by atoms with Gasteiger partial charge in [-0.05, 0) is 42.1 Å². The summed E-state index contributed by atoms with van der Waals surface area (Å²) >= 11 is 5.56. The maximum absolute atomic E-state index is 5.56. The van der Waals surface area contributed by atoms with Gasteiger partial charge in [0.15, 0.2) is 5.11 Å². The summed E-state index contributed by atoms with van der Waals surface area (Å²) in [5, 5.41) is 4.31. The molecule has 2 fully saturated rings. The summed E-state index contributed by atoms with van der Waals surface area (Å²) in [5.74, 6) is 0.607. The fourth-order valence-corrected chi connectivity index (χ4v) is 4.29. The minimum absolute atomic E-state index is 0.382. The number of hydrogen-bond acceptors (Lipinski definition) is 1. The molecule has 2 heterocycles. The van der Waals surface area contributed by atoms with E-state index in [0.29, 0.717) is 18.0 Å². The summed E-state index contributed by atoms with van der Waals surface area (Å²) in [5.41, 5.74) is 2.83. The Hall–Kier alpha value is -1.87. The molecule has 2 aliphatic heterocycles. The van der Waals surface area contributed by atoms with Crippen LogP contribution in [0, 0.1) is 0 Å². The Morgan fingerprint density at radius 3 is 2.18 bits per heavy atom. The van der Waals surface area contributed by atoms with Gasteiger partial charge in [-0.2, -0.15) is 0 Å². The molecule has 2 saturated heterocycles. The largest absolute Gasteiger partial charge is 0.360 e. The fraction of sp³-hybridized carbons (Fsp3) is 0.316. The van der Waals surface area contributed by atoms with E-state index in [-0.39, 0.29) is 0 Å². The first-order chi connectivity index (χ1) is 10.8. The van der Waals surface area contributed by atoms with Gasteiger partial charge in [-0.3, -0.25) is 0 Å². The molecule has 3 atom stereocenters. The van der Waals surface area contributed by atoms with Gasteiger partial charge in [-0.1, -0.05) is 60.7 Å². The lowest BCUT2D eigenvalue weighted by Crippen LogP contribution is -2.43. The molecular weight excluding hydrogens is 288 g/mol. The number of thiocarbonyl (C=S) groups is 1. The van der Waals surface area contributed by atoms with E-state index in [9.17, 15) is 0 Å². The Morgan fingerprint density at radius 2 is 1.50 bits per heavy atom. The van der Waals surface area contributed by atoms with Gasteiger partial charge >= 0.3 is 0 Å². The highest BCUT2D eigenvalue weighted by molar-refractivity contribution is 7.80. The monoisotopic (exact) mass is 308 g/mol. The SMILES string of the molecule is S=C1NCC2CC(c3ccccc3)CC(c3ccccc3)N12. The Kier molecular flexibility index (Phi) is 3.59. The summed E-state index contributed by atoms with van der Waals surface area (Å²) in [6, 6.07) is 22.6. The van der Waals surface area contributed by atoms with E-state index in [2.05, 4.69) is 70.9 Å². The topological polar surface area (TPSA) is 15.3 Å². The van der Waals surface area contributed by atoms with Crippen LogP contribution in [0.25, 0.3) is 0 Å². The summed E-state index contributed by atoms with van der Waals surface area (Å²) in [4.78, 5) is 2.43. The number of piperidine rings is 1.